The summed E-state index contributed by atoms with van der Waals surface area (Å²) in [6.07, 6.45) is 4.08. The molecule has 2 fully saturated rings. The topological polar surface area (TPSA) is 91.8 Å². The number of piperazine rings is 1. The monoisotopic (exact) mass is 615 g/mol. The normalized spacial score (nSPS) is 30.1. The van der Waals surface area contributed by atoms with Crippen molar-refractivity contribution in [3.8, 4) is 0 Å². The second-order valence-corrected chi connectivity index (χ2v) is 13.3. The predicted octanol–water partition coefficient (Wildman–Crippen LogP) is 4.88. The number of aliphatic hydroxyl groups is 1. The smallest absolute Gasteiger partial charge is 0.410 e. The van der Waals surface area contributed by atoms with Gasteiger partial charge in [-0.15, -0.1) is 0 Å². The number of esters is 1. The lowest BCUT2D eigenvalue weighted by Crippen LogP contribution is -2.59. The Balaban J connectivity index is 1.56. The molecule has 44 heavy (non-hydrogen) atoms. The van der Waals surface area contributed by atoms with E-state index in [1.807, 2.05) is 45.1 Å². The predicted molar refractivity (Wildman–Crippen MR) is 169 cm³/mol. The van der Waals surface area contributed by atoms with E-state index in [-0.39, 0.29) is 35.7 Å². The minimum atomic E-state index is -0.873. The third-order valence-electron chi connectivity index (χ3n) is 9.19. The number of hydrogen-bond acceptors (Lipinski definition) is 8. The van der Waals surface area contributed by atoms with Gasteiger partial charge in [-0.05, 0) is 82.0 Å². The van der Waals surface area contributed by atoms with E-state index in [0.29, 0.717) is 57.8 Å². The van der Waals surface area contributed by atoms with Crippen LogP contribution in [-0.4, -0.2) is 104 Å². The third kappa shape index (κ3) is 9.05. The number of hydrogen-bond donors (Lipinski definition) is 1. The number of cyclic esters (lactones) is 1. The zero-order valence-electron chi connectivity index (χ0n) is 27.1. The molecule has 0 aliphatic carbocycles. The second-order valence-electron chi connectivity index (χ2n) is 13.3. The fourth-order valence-corrected chi connectivity index (χ4v) is 6.07. The molecule has 244 valence electrons. The van der Waals surface area contributed by atoms with Crippen LogP contribution in [0.3, 0.4) is 0 Å². The summed E-state index contributed by atoms with van der Waals surface area (Å²) in [6.45, 7) is 14.5. The molecular weight excluding hydrogens is 565 g/mol. The van der Waals surface area contributed by atoms with Gasteiger partial charge in [0.2, 0.25) is 0 Å². The van der Waals surface area contributed by atoms with Crippen LogP contribution in [0.2, 0.25) is 0 Å². The van der Waals surface area contributed by atoms with Crippen molar-refractivity contribution in [2.24, 2.45) is 11.8 Å². The maximum atomic E-state index is 14.7. The van der Waals surface area contributed by atoms with Crippen LogP contribution in [0.5, 0.6) is 0 Å². The van der Waals surface area contributed by atoms with Gasteiger partial charge in [-0.2, -0.15) is 0 Å². The number of carbonyl (C=O) groups excluding carboxylic acids is 2. The molecule has 0 aromatic heterocycles. The quantitative estimate of drug-likeness (QED) is 0.379. The maximum absolute atomic E-state index is 14.7. The first kappa shape index (κ1) is 33.9. The minimum Gasteiger partial charge on any atom is -0.457 e. The molecule has 3 heterocycles. The summed E-state index contributed by atoms with van der Waals surface area (Å²) in [4.78, 5) is 32.3. The molecule has 0 unspecified atom stereocenters. The van der Waals surface area contributed by atoms with E-state index in [1.54, 1.807) is 4.90 Å². The van der Waals surface area contributed by atoms with Crippen molar-refractivity contribution in [2.45, 2.75) is 77.7 Å². The van der Waals surface area contributed by atoms with Crippen LogP contribution < -0.4 is 4.90 Å². The fourth-order valence-electron chi connectivity index (χ4n) is 6.07. The van der Waals surface area contributed by atoms with Crippen molar-refractivity contribution in [3.05, 3.63) is 47.3 Å². The van der Waals surface area contributed by atoms with Crippen LogP contribution in [0.4, 0.5) is 14.9 Å². The van der Waals surface area contributed by atoms with E-state index in [2.05, 4.69) is 30.7 Å². The molecule has 0 radical (unpaired) electrons. The van der Waals surface area contributed by atoms with Crippen LogP contribution in [0.1, 0.15) is 59.4 Å². The number of halogens is 1. The molecule has 3 aliphatic rings. The fraction of sp³-hybridized carbons (Fsp3) is 0.647. The number of benzene rings is 1. The summed E-state index contributed by atoms with van der Waals surface area (Å²) in [5.41, 5.74) is 2.02. The first-order valence-electron chi connectivity index (χ1n) is 15.9. The summed E-state index contributed by atoms with van der Waals surface area (Å²) in [5, 5.41) is 10.6. The van der Waals surface area contributed by atoms with Crippen molar-refractivity contribution >= 4 is 23.8 Å². The molecule has 9 nitrogen and oxygen atoms in total. The number of amides is 1. The number of nitrogens with zero attached hydrogens (tertiary/aromatic N) is 3. The molecule has 1 aromatic rings. The third-order valence-corrected chi connectivity index (χ3v) is 9.19. The lowest BCUT2D eigenvalue weighted by atomic mass is 9.91. The Morgan fingerprint density at radius 1 is 1.09 bits per heavy atom. The lowest BCUT2D eigenvalue weighted by Gasteiger charge is -2.45. The SMILES string of the molecule is C/C(=C\c1cc(F)cc(N2CCOCC2)c1)[C@H]1OC(=O)C[C@H](O)CC[C@H](C)[C@@H](OC(=O)N2CCN(C)C(C)(C)C2)/C=C/[C@@H]1C. The largest absolute Gasteiger partial charge is 0.457 e. The van der Waals surface area contributed by atoms with E-state index in [1.165, 1.54) is 12.1 Å². The molecule has 0 bridgehead atoms. The number of rotatable bonds is 4. The Hall–Kier alpha value is -2.95. The Bertz CT molecular complexity index is 1210. The van der Waals surface area contributed by atoms with E-state index in [9.17, 15) is 19.1 Å². The number of morpholine rings is 1. The van der Waals surface area contributed by atoms with E-state index < -0.39 is 24.3 Å². The summed E-state index contributed by atoms with van der Waals surface area (Å²) >= 11 is 0. The number of ether oxygens (including phenoxy) is 3. The van der Waals surface area contributed by atoms with Gasteiger partial charge in [0.1, 0.15) is 18.0 Å². The Labute approximate surface area is 261 Å². The van der Waals surface area contributed by atoms with Gasteiger partial charge in [0, 0.05) is 49.9 Å². The number of anilines is 1. The lowest BCUT2D eigenvalue weighted by molar-refractivity contribution is -0.151. The van der Waals surface area contributed by atoms with E-state index in [0.717, 1.165) is 17.8 Å². The standard InChI is InChI=1S/C34H50FN3O6/c1-23-7-9-29(39)21-31(40)44-32(25(3)17-26-18-27(35)20-28(19-26)37-13-15-42-16-14-37)24(2)8-10-30(23)43-33(41)38-12-11-36(6)34(4,5)22-38/h8,10,17-20,23-24,29-30,32,39H,7,9,11-16,21-22H2,1-6H3/b10-8+,25-17+/t23-,24-,29+,30-,32-/m0/s1. The van der Waals surface area contributed by atoms with Gasteiger partial charge in [0.25, 0.3) is 0 Å². The Kier molecular flexibility index (Phi) is 11.5. The van der Waals surface area contributed by atoms with Gasteiger partial charge in [0.15, 0.2) is 0 Å². The first-order chi connectivity index (χ1) is 20.8. The first-order valence-corrected chi connectivity index (χ1v) is 15.9. The molecule has 4 rings (SSSR count). The summed E-state index contributed by atoms with van der Waals surface area (Å²) < 4.78 is 32.1. The van der Waals surface area contributed by atoms with Crippen LogP contribution in [0, 0.1) is 17.7 Å². The highest BCUT2D eigenvalue weighted by atomic mass is 19.1. The molecule has 3 aliphatic heterocycles. The zero-order chi connectivity index (χ0) is 32.0. The van der Waals surface area contributed by atoms with Gasteiger partial charge < -0.3 is 29.1 Å². The van der Waals surface area contributed by atoms with E-state index in [4.69, 9.17) is 14.2 Å². The number of carbonyl (C=O) groups is 2. The highest BCUT2D eigenvalue weighted by Crippen LogP contribution is 2.28. The second kappa shape index (κ2) is 14.9. The molecular formula is C34H50FN3O6. The van der Waals surface area contributed by atoms with Crippen molar-refractivity contribution in [2.75, 3.05) is 57.9 Å². The van der Waals surface area contributed by atoms with Gasteiger partial charge in [-0.1, -0.05) is 26.0 Å². The number of aliphatic hydroxyl groups excluding tert-OH is 1. The summed E-state index contributed by atoms with van der Waals surface area (Å²) in [6, 6.07) is 4.91. The molecule has 10 heteroatoms. The van der Waals surface area contributed by atoms with Crippen LogP contribution in [-0.2, 0) is 19.0 Å². The summed E-state index contributed by atoms with van der Waals surface area (Å²) in [5.74, 6) is -1.19. The number of likely N-dealkylation sites (N-methyl/N-ethyl adjacent to an activating group) is 1. The molecule has 0 spiro atoms. The highest BCUT2D eigenvalue weighted by molar-refractivity contribution is 5.71. The van der Waals surface area contributed by atoms with Crippen molar-refractivity contribution in [1.29, 1.82) is 0 Å². The maximum Gasteiger partial charge on any atom is 0.410 e. The van der Waals surface area contributed by atoms with Crippen molar-refractivity contribution < 1.29 is 33.3 Å². The molecule has 5 atom stereocenters. The average molecular weight is 616 g/mol. The highest BCUT2D eigenvalue weighted by Gasteiger charge is 2.35. The molecule has 1 aromatic carbocycles. The van der Waals surface area contributed by atoms with Gasteiger partial charge in [-0.25, -0.2) is 9.18 Å². The molecule has 2 saturated heterocycles. The Morgan fingerprint density at radius 2 is 1.82 bits per heavy atom. The summed E-state index contributed by atoms with van der Waals surface area (Å²) in [7, 11) is 2.06. The van der Waals surface area contributed by atoms with Crippen LogP contribution in [0.15, 0.2) is 35.9 Å². The van der Waals surface area contributed by atoms with Gasteiger partial charge >= 0.3 is 12.1 Å². The molecule has 1 N–H and O–H groups in total. The molecule has 0 saturated carbocycles. The zero-order valence-corrected chi connectivity index (χ0v) is 27.1. The van der Waals surface area contributed by atoms with Crippen molar-refractivity contribution in [3.63, 3.8) is 0 Å². The molecule has 1 amide bonds. The Morgan fingerprint density at radius 3 is 2.52 bits per heavy atom. The van der Waals surface area contributed by atoms with Gasteiger partial charge in [-0.3, -0.25) is 9.69 Å². The minimum absolute atomic E-state index is 0.0750. The van der Waals surface area contributed by atoms with Crippen LogP contribution in [0.25, 0.3) is 6.08 Å². The average Bonchev–Trinajstić information content (AvgIpc) is 2.97. The van der Waals surface area contributed by atoms with Gasteiger partial charge in [0.05, 0.1) is 25.7 Å². The van der Waals surface area contributed by atoms with Crippen LogP contribution >= 0.6 is 0 Å². The van der Waals surface area contributed by atoms with Crippen molar-refractivity contribution in [1.82, 2.24) is 9.80 Å². The van der Waals surface area contributed by atoms with E-state index >= 15 is 0 Å².